The normalized spacial score (nSPS) is 10.8. The molecule has 0 aliphatic heterocycles. The van der Waals surface area contributed by atoms with Crippen molar-refractivity contribution in [3.8, 4) is 5.75 Å². The molecule has 2 rings (SSSR count). The molecule has 74 valence electrons. The summed E-state index contributed by atoms with van der Waals surface area (Å²) in [7, 11) is 1.68. The first-order chi connectivity index (χ1) is 6.76. The number of rotatable bonds is 2. The summed E-state index contributed by atoms with van der Waals surface area (Å²) in [6.07, 6.45) is 0. The number of ether oxygens (including phenoxy) is 1. The lowest BCUT2D eigenvalue weighted by atomic mass is 10.2. The number of fused-ring (bicyclic) bond motifs is 1. The van der Waals surface area contributed by atoms with Crippen molar-refractivity contribution >= 4 is 49.0 Å². The molecule has 1 aromatic heterocycles. The van der Waals surface area contributed by atoms with Crippen LogP contribution in [0.4, 0.5) is 0 Å². The summed E-state index contributed by atoms with van der Waals surface area (Å²) in [5.41, 5.74) is 1.13. The number of benzene rings is 1. The van der Waals surface area contributed by atoms with Crippen LogP contribution in [0.1, 0.15) is 5.56 Å². The maximum Gasteiger partial charge on any atom is 0.124 e. The average molecular weight is 292 g/mol. The monoisotopic (exact) mass is 290 g/mol. The van der Waals surface area contributed by atoms with Crippen LogP contribution in [0.3, 0.4) is 0 Å². The van der Waals surface area contributed by atoms with Gasteiger partial charge in [0.2, 0.25) is 0 Å². The summed E-state index contributed by atoms with van der Waals surface area (Å²) in [5.74, 6) is 0.910. The van der Waals surface area contributed by atoms with Crippen LogP contribution in [-0.2, 0) is 5.33 Å². The minimum Gasteiger partial charge on any atom is -0.496 e. The van der Waals surface area contributed by atoms with E-state index < -0.39 is 0 Å². The molecule has 0 N–H and O–H groups in total. The zero-order valence-corrected chi connectivity index (χ0v) is 10.7. The first kappa shape index (κ1) is 10.3. The van der Waals surface area contributed by atoms with Gasteiger partial charge in [0, 0.05) is 26.4 Å². The van der Waals surface area contributed by atoms with Crippen molar-refractivity contribution in [2.45, 2.75) is 5.33 Å². The Bertz CT molecular complexity index is 466. The van der Waals surface area contributed by atoms with Crippen molar-refractivity contribution in [2.24, 2.45) is 0 Å². The van der Waals surface area contributed by atoms with Crippen LogP contribution in [0, 0.1) is 0 Å². The topological polar surface area (TPSA) is 9.23 Å². The molecular weight excluding hydrogens is 284 g/mol. The van der Waals surface area contributed by atoms with Crippen LogP contribution in [0.2, 0.25) is 5.02 Å². The predicted molar refractivity (Wildman–Crippen MR) is 66.0 cm³/mol. The summed E-state index contributed by atoms with van der Waals surface area (Å²) in [6, 6.07) is 4.10. The highest BCUT2D eigenvalue weighted by molar-refractivity contribution is 9.08. The lowest BCUT2D eigenvalue weighted by molar-refractivity contribution is 0.412. The van der Waals surface area contributed by atoms with Gasteiger partial charge in [0.25, 0.3) is 0 Å². The van der Waals surface area contributed by atoms with Gasteiger partial charge >= 0.3 is 0 Å². The molecule has 1 nitrogen and oxygen atoms in total. The van der Waals surface area contributed by atoms with Gasteiger partial charge in [-0.25, -0.2) is 0 Å². The number of halogens is 2. The molecule has 0 radical (unpaired) electrons. The highest BCUT2D eigenvalue weighted by Crippen LogP contribution is 2.35. The molecule has 0 aliphatic carbocycles. The van der Waals surface area contributed by atoms with Crippen LogP contribution < -0.4 is 4.74 Å². The Hall–Kier alpha value is -0.250. The van der Waals surface area contributed by atoms with Crippen molar-refractivity contribution in [3.63, 3.8) is 0 Å². The standard InChI is InChI=1S/C10H8BrClOS/c1-13-9-3-10-7(2-6(9)4-11)8(12)5-14-10/h2-3,5H,4H2,1H3. The number of hydrogen-bond donors (Lipinski definition) is 0. The van der Waals surface area contributed by atoms with E-state index >= 15 is 0 Å². The van der Waals surface area contributed by atoms with Crippen LogP contribution in [-0.4, -0.2) is 7.11 Å². The second kappa shape index (κ2) is 4.09. The third-order valence-corrected chi connectivity index (χ3v) is 4.06. The Balaban J connectivity index is 2.71. The largest absolute Gasteiger partial charge is 0.496 e. The molecule has 0 fully saturated rings. The fourth-order valence-electron chi connectivity index (χ4n) is 1.36. The minimum atomic E-state index is 0.776. The van der Waals surface area contributed by atoms with Crippen LogP contribution >= 0.6 is 38.9 Å². The van der Waals surface area contributed by atoms with Gasteiger partial charge in [-0.15, -0.1) is 11.3 Å². The fraction of sp³-hybridized carbons (Fsp3) is 0.200. The Morgan fingerprint density at radius 3 is 2.93 bits per heavy atom. The molecule has 0 spiro atoms. The Morgan fingerprint density at radius 2 is 2.29 bits per heavy atom. The molecule has 0 bridgehead atoms. The van der Waals surface area contributed by atoms with Crippen molar-refractivity contribution in [1.82, 2.24) is 0 Å². The predicted octanol–water partition coefficient (Wildman–Crippen LogP) is 4.46. The summed E-state index contributed by atoms with van der Waals surface area (Å²) in [4.78, 5) is 0. The summed E-state index contributed by atoms with van der Waals surface area (Å²) in [5, 5.41) is 4.64. The van der Waals surface area contributed by atoms with E-state index in [0.717, 1.165) is 31.8 Å². The van der Waals surface area contributed by atoms with Gasteiger partial charge in [0.05, 0.1) is 12.1 Å². The third kappa shape index (κ3) is 1.64. The molecule has 0 amide bonds. The van der Waals surface area contributed by atoms with Gasteiger partial charge in [-0.2, -0.15) is 0 Å². The molecular formula is C10H8BrClOS. The van der Waals surface area contributed by atoms with Gasteiger partial charge in [0.15, 0.2) is 0 Å². The van der Waals surface area contributed by atoms with E-state index in [2.05, 4.69) is 22.0 Å². The maximum absolute atomic E-state index is 6.05. The second-order valence-electron chi connectivity index (χ2n) is 2.88. The SMILES string of the molecule is COc1cc2scc(Cl)c2cc1CBr. The van der Waals surface area contributed by atoms with Crippen molar-refractivity contribution in [2.75, 3.05) is 7.11 Å². The molecule has 0 saturated carbocycles. The average Bonchev–Trinajstić information content (AvgIpc) is 2.58. The fourth-order valence-corrected chi connectivity index (χ4v) is 2.98. The summed E-state index contributed by atoms with van der Waals surface area (Å²) < 4.78 is 6.45. The number of hydrogen-bond acceptors (Lipinski definition) is 2. The van der Waals surface area contributed by atoms with E-state index in [-0.39, 0.29) is 0 Å². The zero-order chi connectivity index (χ0) is 10.1. The van der Waals surface area contributed by atoms with Gasteiger partial charge in [0.1, 0.15) is 5.75 Å². The molecule has 4 heteroatoms. The number of alkyl halides is 1. The van der Waals surface area contributed by atoms with Crippen LogP contribution in [0.25, 0.3) is 10.1 Å². The van der Waals surface area contributed by atoms with Gasteiger partial charge in [-0.1, -0.05) is 27.5 Å². The van der Waals surface area contributed by atoms with Crippen molar-refractivity contribution < 1.29 is 4.74 Å². The molecule has 2 aromatic rings. The van der Waals surface area contributed by atoms with Crippen molar-refractivity contribution in [1.29, 1.82) is 0 Å². The molecule has 0 aliphatic rings. The Labute approximate surface area is 99.8 Å². The quantitative estimate of drug-likeness (QED) is 0.742. The first-order valence-electron chi connectivity index (χ1n) is 4.06. The van der Waals surface area contributed by atoms with Gasteiger partial charge < -0.3 is 4.74 Å². The molecule has 14 heavy (non-hydrogen) atoms. The zero-order valence-electron chi connectivity index (χ0n) is 7.51. The van der Waals surface area contributed by atoms with Crippen molar-refractivity contribution in [3.05, 3.63) is 28.1 Å². The number of thiophene rings is 1. The Kier molecular flexibility index (Phi) is 3.00. The first-order valence-corrected chi connectivity index (χ1v) is 6.43. The molecule has 1 aromatic carbocycles. The van der Waals surface area contributed by atoms with E-state index in [9.17, 15) is 0 Å². The van der Waals surface area contributed by atoms with E-state index in [4.69, 9.17) is 16.3 Å². The van der Waals surface area contributed by atoms with Crippen LogP contribution in [0.15, 0.2) is 17.5 Å². The maximum atomic E-state index is 6.05. The third-order valence-electron chi connectivity index (χ3n) is 2.07. The van der Waals surface area contributed by atoms with Gasteiger partial charge in [-0.3, -0.25) is 0 Å². The van der Waals surface area contributed by atoms with Gasteiger partial charge in [-0.05, 0) is 12.1 Å². The molecule has 0 unspecified atom stereocenters. The highest BCUT2D eigenvalue weighted by atomic mass is 79.9. The van der Waals surface area contributed by atoms with Crippen LogP contribution in [0.5, 0.6) is 5.75 Å². The van der Waals surface area contributed by atoms with E-state index in [1.807, 2.05) is 11.4 Å². The number of methoxy groups -OCH3 is 1. The van der Waals surface area contributed by atoms with E-state index in [1.165, 1.54) is 0 Å². The van der Waals surface area contributed by atoms with E-state index in [0.29, 0.717) is 0 Å². The lowest BCUT2D eigenvalue weighted by Gasteiger charge is -2.05. The molecule has 1 heterocycles. The Morgan fingerprint density at radius 1 is 1.50 bits per heavy atom. The minimum absolute atomic E-state index is 0.776. The highest BCUT2D eigenvalue weighted by Gasteiger charge is 2.08. The smallest absolute Gasteiger partial charge is 0.124 e. The van der Waals surface area contributed by atoms with E-state index in [1.54, 1.807) is 18.4 Å². The molecule has 0 saturated heterocycles. The lowest BCUT2D eigenvalue weighted by Crippen LogP contribution is -1.88. The summed E-state index contributed by atoms with van der Waals surface area (Å²) in [6.45, 7) is 0. The molecule has 0 atom stereocenters. The second-order valence-corrected chi connectivity index (χ2v) is 4.76. The summed E-state index contributed by atoms with van der Waals surface area (Å²) >= 11 is 11.1.